The minimum absolute atomic E-state index is 0.0671. The molecule has 0 aliphatic carbocycles. The second-order valence-corrected chi connectivity index (χ2v) is 9.39. The number of carbonyl (C=O) groups is 1. The predicted octanol–water partition coefficient (Wildman–Crippen LogP) is 4.66. The molecular weight excluding hydrogens is 414 g/mol. The van der Waals surface area contributed by atoms with Gasteiger partial charge >= 0.3 is 0 Å². The molecule has 1 aromatic carbocycles. The molecule has 0 unspecified atom stereocenters. The Morgan fingerprint density at radius 1 is 1.35 bits per heavy atom. The molecule has 0 bridgehead atoms. The van der Waals surface area contributed by atoms with Gasteiger partial charge in [0.1, 0.15) is 28.5 Å². The molecule has 1 fully saturated rings. The molecule has 2 atom stereocenters. The van der Waals surface area contributed by atoms with E-state index >= 15 is 0 Å². The van der Waals surface area contributed by atoms with E-state index < -0.39 is 5.60 Å². The lowest BCUT2D eigenvalue weighted by Crippen LogP contribution is -2.30. The van der Waals surface area contributed by atoms with Crippen LogP contribution in [0.15, 0.2) is 36.5 Å². The number of nitrogens with one attached hydrogen (secondary N) is 1. The van der Waals surface area contributed by atoms with Crippen molar-refractivity contribution in [2.24, 2.45) is 0 Å². The summed E-state index contributed by atoms with van der Waals surface area (Å²) in [5, 5.41) is 13.6. The number of aromatic nitrogens is 1. The molecule has 168 valence electrons. The number of ketones is 1. The second-order valence-electron chi connectivity index (χ2n) is 9.01. The number of nitrogens with zero attached hydrogens (tertiary/aromatic N) is 2. The third kappa shape index (κ3) is 6.58. The van der Waals surface area contributed by atoms with Gasteiger partial charge in [-0.15, -0.1) is 0 Å². The third-order valence-corrected chi connectivity index (χ3v) is 5.76. The molecule has 0 saturated carbocycles. The van der Waals surface area contributed by atoms with E-state index in [1.807, 2.05) is 30.3 Å². The molecule has 0 radical (unpaired) electrons. The summed E-state index contributed by atoms with van der Waals surface area (Å²) in [6, 6.07) is 9.94. The highest BCUT2D eigenvalue weighted by molar-refractivity contribution is 6.35. The maximum Gasteiger partial charge on any atom is 0.146 e. The Hall–Kier alpha value is -2.31. The number of halogens is 1. The van der Waals surface area contributed by atoms with Crippen LogP contribution in [0, 0.1) is 0 Å². The van der Waals surface area contributed by atoms with Gasteiger partial charge in [-0.1, -0.05) is 30.7 Å². The Balaban J connectivity index is 1.60. The SMILES string of the molecule is CC(=O)C[C@@H](C)c1ccc(O[C@@H]2CCN(c3ccnc(NCC(C)(C)O)c3Cl)C2)cc1. The van der Waals surface area contributed by atoms with Crippen molar-refractivity contribution in [1.82, 2.24) is 4.98 Å². The largest absolute Gasteiger partial charge is 0.489 e. The molecule has 31 heavy (non-hydrogen) atoms. The fraction of sp³-hybridized carbons (Fsp3) is 0.500. The van der Waals surface area contributed by atoms with E-state index in [2.05, 4.69) is 22.1 Å². The Bertz CT molecular complexity index is 896. The third-order valence-electron chi connectivity index (χ3n) is 5.39. The normalized spacial score (nSPS) is 17.5. The zero-order valence-corrected chi connectivity index (χ0v) is 19.4. The highest BCUT2D eigenvalue weighted by Crippen LogP contribution is 2.34. The van der Waals surface area contributed by atoms with Crippen LogP contribution in [0.4, 0.5) is 11.5 Å². The van der Waals surface area contributed by atoms with E-state index in [0.717, 1.165) is 36.5 Å². The van der Waals surface area contributed by atoms with Gasteiger partial charge in [0.2, 0.25) is 0 Å². The maximum absolute atomic E-state index is 11.3. The lowest BCUT2D eigenvalue weighted by molar-refractivity contribution is -0.117. The van der Waals surface area contributed by atoms with Crippen molar-refractivity contribution < 1.29 is 14.6 Å². The highest BCUT2D eigenvalue weighted by atomic mass is 35.5. The summed E-state index contributed by atoms with van der Waals surface area (Å²) >= 11 is 6.60. The van der Waals surface area contributed by atoms with Crippen LogP contribution >= 0.6 is 11.6 Å². The first-order valence-electron chi connectivity index (χ1n) is 10.7. The fourth-order valence-electron chi connectivity index (χ4n) is 3.76. The molecule has 0 amide bonds. The molecule has 3 rings (SSSR count). The number of Topliss-reactive ketones (excluding diaryl/α,β-unsaturated/α-hetero) is 1. The van der Waals surface area contributed by atoms with Crippen LogP contribution in [-0.2, 0) is 4.79 Å². The molecule has 1 aliphatic rings. The number of hydrogen-bond acceptors (Lipinski definition) is 6. The molecular formula is C24H32ClN3O3. The van der Waals surface area contributed by atoms with E-state index in [-0.39, 0.29) is 17.8 Å². The first-order chi connectivity index (χ1) is 14.6. The Morgan fingerprint density at radius 2 is 2.06 bits per heavy atom. The van der Waals surface area contributed by atoms with Crippen molar-refractivity contribution in [3.05, 3.63) is 47.1 Å². The van der Waals surface area contributed by atoms with Gasteiger partial charge in [-0.3, -0.25) is 0 Å². The van der Waals surface area contributed by atoms with Crippen molar-refractivity contribution >= 4 is 28.9 Å². The first kappa shape index (κ1) is 23.4. The summed E-state index contributed by atoms with van der Waals surface area (Å²) in [4.78, 5) is 17.8. The molecule has 2 heterocycles. The van der Waals surface area contributed by atoms with Crippen LogP contribution in [0.2, 0.25) is 5.02 Å². The summed E-state index contributed by atoms with van der Waals surface area (Å²) in [6.07, 6.45) is 3.24. The van der Waals surface area contributed by atoms with E-state index in [4.69, 9.17) is 16.3 Å². The maximum atomic E-state index is 11.3. The average Bonchev–Trinajstić information content (AvgIpc) is 3.14. The van der Waals surface area contributed by atoms with E-state index in [1.165, 1.54) is 0 Å². The molecule has 6 nitrogen and oxygen atoms in total. The Kier molecular flexibility index (Phi) is 7.44. The topological polar surface area (TPSA) is 74.7 Å². The molecule has 0 spiro atoms. The Labute approximate surface area is 189 Å². The molecule has 1 saturated heterocycles. The van der Waals surface area contributed by atoms with Crippen LogP contribution in [0.5, 0.6) is 5.75 Å². The van der Waals surface area contributed by atoms with Gasteiger partial charge in [-0.25, -0.2) is 4.98 Å². The Morgan fingerprint density at radius 3 is 2.71 bits per heavy atom. The van der Waals surface area contributed by atoms with Crippen LogP contribution < -0.4 is 15.0 Å². The smallest absolute Gasteiger partial charge is 0.146 e. The van der Waals surface area contributed by atoms with Gasteiger partial charge in [0, 0.05) is 32.1 Å². The van der Waals surface area contributed by atoms with Crippen LogP contribution in [0.1, 0.15) is 52.0 Å². The molecule has 1 aromatic heterocycles. The quantitative estimate of drug-likeness (QED) is 0.584. The van der Waals surface area contributed by atoms with Gasteiger partial charge in [-0.05, 0) is 50.5 Å². The van der Waals surface area contributed by atoms with Crippen LogP contribution in [0.25, 0.3) is 0 Å². The number of rotatable bonds is 9. The van der Waals surface area contributed by atoms with Crippen molar-refractivity contribution in [2.75, 3.05) is 29.9 Å². The number of aliphatic hydroxyl groups is 1. The molecule has 2 aromatic rings. The standard InChI is InChI=1S/C24H32ClN3O3/c1-16(13-17(2)29)18-5-7-19(8-6-18)31-20-10-12-28(14-20)21-9-11-26-23(22(21)25)27-15-24(3,4)30/h5-9,11,16,20,30H,10,12-15H2,1-4H3,(H,26,27)/t16-,20-/m1/s1. The van der Waals surface area contributed by atoms with Crippen molar-refractivity contribution in [3.8, 4) is 5.75 Å². The van der Waals surface area contributed by atoms with Gasteiger partial charge in [0.25, 0.3) is 0 Å². The van der Waals surface area contributed by atoms with E-state index in [1.54, 1.807) is 27.0 Å². The number of anilines is 2. The number of hydrogen-bond donors (Lipinski definition) is 2. The monoisotopic (exact) mass is 445 g/mol. The fourth-order valence-corrected chi connectivity index (χ4v) is 4.06. The van der Waals surface area contributed by atoms with Gasteiger partial charge in [0.05, 0.1) is 17.8 Å². The molecule has 7 heteroatoms. The minimum Gasteiger partial charge on any atom is -0.489 e. The summed E-state index contributed by atoms with van der Waals surface area (Å²) in [5.41, 5.74) is 1.20. The summed E-state index contributed by atoms with van der Waals surface area (Å²) in [6.45, 7) is 9.09. The van der Waals surface area contributed by atoms with Gasteiger partial charge < -0.3 is 24.9 Å². The summed E-state index contributed by atoms with van der Waals surface area (Å²) < 4.78 is 6.19. The van der Waals surface area contributed by atoms with E-state index in [9.17, 15) is 9.90 Å². The van der Waals surface area contributed by atoms with Gasteiger partial charge in [0.15, 0.2) is 0 Å². The lowest BCUT2D eigenvalue weighted by Gasteiger charge is -2.23. The van der Waals surface area contributed by atoms with Crippen LogP contribution in [-0.4, -0.2) is 47.2 Å². The predicted molar refractivity (Wildman–Crippen MR) is 125 cm³/mol. The number of carbonyl (C=O) groups excluding carboxylic acids is 1. The zero-order chi connectivity index (χ0) is 22.6. The van der Waals surface area contributed by atoms with Crippen molar-refractivity contribution in [3.63, 3.8) is 0 Å². The van der Waals surface area contributed by atoms with Crippen molar-refractivity contribution in [1.29, 1.82) is 0 Å². The first-order valence-corrected chi connectivity index (χ1v) is 11.1. The summed E-state index contributed by atoms with van der Waals surface area (Å²) in [5.74, 6) is 1.81. The van der Waals surface area contributed by atoms with Crippen molar-refractivity contribution in [2.45, 2.75) is 58.2 Å². The lowest BCUT2D eigenvalue weighted by atomic mass is 9.96. The molecule has 1 aliphatic heterocycles. The van der Waals surface area contributed by atoms with E-state index in [0.29, 0.717) is 23.8 Å². The van der Waals surface area contributed by atoms with Crippen LogP contribution in [0.3, 0.4) is 0 Å². The minimum atomic E-state index is -0.854. The van der Waals surface area contributed by atoms with Gasteiger partial charge in [-0.2, -0.15) is 0 Å². The average molecular weight is 446 g/mol. The molecule has 2 N–H and O–H groups in total. The number of ether oxygens (including phenoxy) is 1. The number of pyridine rings is 1. The second kappa shape index (κ2) is 9.88. The highest BCUT2D eigenvalue weighted by Gasteiger charge is 2.27. The number of benzene rings is 1. The zero-order valence-electron chi connectivity index (χ0n) is 18.7. The summed E-state index contributed by atoms with van der Waals surface area (Å²) in [7, 11) is 0.